The second kappa shape index (κ2) is 20.8. The summed E-state index contributed by atoms with van der Waals surface area (Å²) in [5.41, 5.74) is 6.47. The third-order valence-electron chi connectivity index (χ3n) is 12.2. The number of hydrogen-bond acceptors (Lipinski definition) is 14. The van der Waals surface area contributed by atoms with Crippen LogP contribution in [0.25, 0.3) is 21.8 Å². The highest BCUT2D eigenvalue weighted by Crippen LogP contribution is 2.39. The molecule has 0 bridgehead atoms. The molecule has 0 amide bonds. The van der Waals surface area contributed by atoms with E-state index in [0.29, 0.717) is 30.9 Å². The number of aliphatic hydroxyl groups excluding tert-OH is 2. The van der Waals surface area contributed by atoms with E-state index >= 15 is 0 Å². The van der Waals surface area contributed by atoms with E-state index in [9.17, 15) is 5.11 Å². The average molecular weight is 857 g/mol. The van der Waals surface area contributed by atoms with Crippen LogP contribution >= 0.6 is 0 Å². The zero-order valence-electron chi connectivity index (χ0n) is 38.0. The molecule has 0 atom stereocenters. The van der Waals surface area contributed by atoms with Crippen LogP contribution in [0.1, 0.15) is 48.6 Å². The van der Waals surface area contributed by atoms with E-state index in [1.807, 2.05) is 81.4 Å². The Morgan fingerprint density at radius 1 is 0.603 bits per heavy atom. The van der Waals surface area contributed by atoms with Crippen molar-refractivity contribution in [1.29, 1.82) is 0 Å². The Morgan fingerprint density at radius 3 is 1.54 bits per heavy atom. The molecule has 0 unspecified atom stereocenters. The van der Waals surface area contributed by atoms with E-state index in [4.69, 9.17) is 34.5 Å². The summed E-state index contributed by atoms with van der Waals surface area (Å²) in [6, 6.07) is 29.1. The molecule has 2 saturated heterocycles. The fraction of sp³-hybridized carbons (Fsp3) is 0.429. The predicted molar refractivity (Wildman–Crippen MR) is 258 cm³/mol. The van der Waals surface area contributed by atoms with Crippen LogP contribution in [0.3, 0.4) is 0 Å². The molecule has 8 rings (SSSR count). The van der Waals surface area contributed by atoms with Gasteiger partial charge in [-0.05, 0) is 97.2 Å². The van der Waals surface area contributed by atoms with Crippen LogP contribution in [0.5, 0.6) is 11.5 Å². The number of nitrogens with one attached hydrogen (secondary N) is 1. The summed E-state index contributed by atoms with van der Waals surface area (Å²) >= 11 is 0. The van der Waals surface area contributed by atoms with E-state index in [1.54, 1.807) is 14.2 Å². The zero-order valence-corrected chi connectivity index (χ0v) is 38.0. The molecule has 14 heteroatoms. The van der Waals surface area contributed by atoms with Gasteiger partial charge in [0.2, 0.25) is 11.9 Å². The fourth-order valence-electron chi connectivity index (χ4n) is 8.71. The second-order valence-corrected chi connectivity index (χ2v) is 16.7. The first kappa shape index (κ1) is 44.9. The van der Waals surface area contributed by atoms with E-state index in [0.717, 1.165) is 114 Å². The summed E-state index contributed by atoms with van der Waals surface area (Å²) in [5, 5.41) is 23.8. The highest BCUT2D eigenvalue weighted by atomic mass is 16.5. The molecule has 14 nitrogen and oxygen atoms in total. The monoisotopic (exact) mass is 857 g/mol. The van der Waals surface area contributed by atoms with Gasteiger partial charge in [0.1, 0.15) is 23.1 Å². The maximum Gasteiger partial charge on any atom is 0.227 e. The summed E-state index contributed by atoms with van der Waals surface area (Å²) in [7, 11) is 13.4. The number of rotatable bonds is 14. The summed E-state index contributed by atoms with van der Waals surface area (Å²) in [6.45, 7) is 5.03. The van der Waals surface area contributed by atoms with Gasteiger partial charge in [0.15, 0.2) is 0 Å². The van der Waals surface area contributed by atoms with Gasteiger partial charge in [-0.15, -0.1) is 0 Å². The Bertz CT molecular complexity index is 2430. The first-order valence-electron chi connectivity index (χ1n) is 22.0. The maximum atomic E-state index is 9.33. The van der Waals surface area contributed by atoms with E-state index in [-0.39, 0.29) is 13.2 Å². The van der Waals surface area contributed by atoms with Crippen molar-refractivity contribution in [2.45, 2.75) is 37.5 Å². The number of piperidine rings is 2. The minimum absolute atomic E-state index is 0.0947. The molecule has 2 aliphatic rings. The number of aromatic nitrogens is 4. The highest BCUT2D eigenvalue weighted by Gasteiger charge is 2.27. The minimum Gasteiger partial charge on any atom is -0.496 e. The molecule has 2 aliphatic heterocycles. The van der Waals surface area contributed by atoms with Gasteiger partial charge in [-0.3, -0.25) is 0 Å². The molecular weight excluding hydrogens is 793 g/mol. The molecule has 4 aromatic carbocycles. The lowest BCUT2D eigenvalue weighted by molar-refractivity contribution is 0.304. The van der Waals surface area contributed by atoms with Crippen molar-refractivity contribution >= 4 is 56.7 Å². The summed E-state index contributed by atoms with van der Waals surface area (Å²) in [5.74, 6) is 6.30. The molecule has 0 spiro atoms. The topological polar surface area (TPSA) is 139 Å². The van der Waals surface area contributed by atoms with Gasteiger partial charge < -0.3 is 49.5 Å². The Kier molecular flexibility index (Phi) is 14.9. The number of para-hydroxylation sites is 2. The Labute approximate surface area is 372 Å². The number of hydrogen-bond donors (Lipinski definition) is 3. The lowest BCUT2D eigenvalue weighted by Gasteiger charge is -2.34. The largest absolute Gasteiger partial charge is 0.496 e. The van der Waals surface area contributed by atoms with Gasteiger partial charge >= 0.3 is 0 Å². The molecule has 2 aromatic heterocycles. The summed E-state index contributed by atoms with van der Waals surface area (Å²) < 4.78 is 11.2. The van der Waals surface area contributed by atoms with Crippen molar-refractivity contribution in [2.24, 2.45) is 0 Å². The lowest BCUT2D eigenvalue weighted by Crippen LogP contribution is -2.34. The molecule has 3 N–H and O–H groups in total. The molecule has 6 aromatic rings. The predicted octanol–water partition coefficient (Wildman–Crippen LogP) is 7.01. The van der Waals surface area contributed by atoms with E-state index < -0.39 is 0 Å². The van der Waals surface area contributed by atoms with Crippen LogP contribution in [0.15, 0.2) is 84.9 Å². The van der Waals surface area contributed by atoms with Crippen LogP contribution in [0.4, 0.5) is 34.9 Å². The minimum atomic E-state index is 0.0947. The van der Waals surface area contributed by atoms with Crippen LogP contribution in [0, 0.1) is 0 Å². The molecular formula is C49H64N10O4. The van der Waals surface area contributed by atoms with Crippen LogP contribution in [-0.4, -0.2) is 132 Å². The number of ether oxygens (including phenoxy) is 2. The first-order valence-corrected chi connectivity index (χ1v) is 22.0. The summed E-state index contributed by atoms with van der Waals surface area (Å²) in [6.07, 6.45) is 4.19. The zero-order chi connectivity index (χ0) is 44.5. The quantitative estimate of drug-likeness (QED) is 0.104. The smallest absolute Gasteiger partial charge is 0.227 e. The number of nitrogens with zero attached hydrogens (tertiary/aromatic N) is 9. The van der Waals surface area contributed by atoms with E-state index in [2.05, 4.69) is 68.5 Å². The van der Waals surface area contributed by atoms with Crippen molar-refractivity contribution in [1.82, 2.24) is 19.9 Å². The van der Waals surface area contributed by atoms with Crippen molar-refractivity contribution < 1.29 is 19.7 Å². The van der Waals surface area contributed by atoms with Crippen molar-refractivity contribution in [2.75, 3.05) is 132 Å². The first-order chi connectivity index (χ1) is 30.6. The van der Waals surface area contributed by atoms with Gasteiger partial charge in [-0.25, -0.2) is 9.97 Å². The molecule has 0 saturated carbocycles. The maximum absolute atomic E-state index is 9.33. The number of anilines is 6. The second-order valence-electron chi connectivity index (χ2n) is 16.7. The van der Waals surface area contributed by atoms with Crippen molar-refractivity contribution in [3.05, 3.63) is 96.1 Å². The molecule has 2 fully saturated rings. The Balaban J connectivity index is 0.000000189. The number of benzene rings is 4. The Morgan fingerprint density at radius 2 is 1.08 bits per heavy atom. The average Bonchev–Trinajstić information content (AvgIpc) is 3.32. The molecule has 334 valence electrons. The number of fused-ring (bicyclic) bond motifs is 2. The van der Waals surface area contributed by atoms with Gasteiger partial charge in [0.25, 0.3) is 0 Å². The molecule has 63 heavy (non-hydrogen) atoms. The standard InChI is InChI=1S/C25H33N5O2.C24H31N5O2/c1-28(2)25-26-22-10-9-19(29(3)15-16-31)17-21(22)24(27-25)30-13-11-18(12-14-30)20-7-5-6-8-23(20)32-4;1-28(2)24-26-21-9-8-18(25-12-15-30)16-20(21)23(27-24)29-13-10-17(11-14-29)19-6-4-5-7-22(19)31-3/h5-10,17-18,31H,11-16H2,1-4H3;4-9,16-17,25,30H,10-15H2,1-3H3. The van der Waals surface area contributed by atoms with Gasteiger partial charge in [-0.2, -0.15) is 9.97 Å². The number of likely N-dealkylation sites (N-methyl/N-ethyl adjacent to an activating group) is 1. The van der Waals surface area contributed by atoms with Crippen molar-refractivity contribution in [3.8, 4) is 11.5 Å². The van der Waals surface area contributed by atoms with Crippen LogP contribution in [-0.2, 0) is 0 Å². The normalized spacial score (nSPS) is 14.6. The third-order valence-corrected chi connectivity index (χ3v) is 12.2. The van der Waals surface area contributed by atoms with E-state index in [1.165, 1.54) is 11.1 Å². The van der Waals surface area contributed by atoms with Gasteiger partial charge in [0.05, 0.1) is 38.5 Å². The van der Waals surface area contributed by atoms with Crippen LogP contribution < -0.4 is 39.3 Å². The van der Waals surface area contributed by atoms with Crippen molar-refractivity contribution in [3.63, 3.8) is 0 Å². The highest BCUT2D eigenvalue weighted by molar-refractivity contribution is 5.94. The number of aliphatic hydroxyl groups is 2. The molecule has 0 aliphatic carbocycles. The molecule has 4 heterocycles. The lowest BCUT2D eigenvalue weighted by atomic mass is 9.88. The van der Waals surface area contributed by atoms with Gasteiger partial charge in [-0.1, -0.05) is 36.4 Å². The van der Waals surface area contributed by atoms with Crippen LogP contribution in [0.2, 0.25) is 0 Å². The molecule has 0 radical (unpaired) electrons. The third kappa shape index (κ3) is 10.4. The SMILES string of the molecule is COc1ccccc1C1CCN(c2nc(N(C)C)nc3ccc(N(C)CCO)cc23)CC1.COc1ccccc1C1CCN(c2nc(N(C)C)nc3ccc(NCCO)cc23)CC1. The van der Waals surface area contributed by atoms with Gasteiger partial charge in [0, 0.05) is 96.7 Å². The summed E-state index contributed by atoms with van der Waals surface area (Å²) in [4.78, 5) is 30.1. The fourth-order valence-corrected chi connectivity index (χ4v) is 8.71. The Hall–Kier alpha value is -6.12. The number of methoxy groups -OCH3 is 2.